The van der Waals surface area contributed by atoms with Gasteiger partial charge in [-0.15, -0.1) is 0 Å². The molecule has 0 aromatic heterocycles. The molecule has 3 rings (SSSR count). The average Bonchev–Trinajstić information content (AvgIpc) is 2.93. The highest BCUT2D eigenvalue weighted by Gasteiger charge is 2.22. The van der Waals surface area contributed by atoms with Crippen LogP contribution in [-0.2, 0) is 12.8 Å². The van der Waals surface area contributed by atoms with Gasteiger partial charge in [-0.25, -0.2) is 0 Å². The van der Waals surface area contributed by atoms with Gasteiger partial charge >= 0.3 is 0 Å². The molecule has 0 heterocycles. The molecule has 0 fully saturated rings. The van der Waals surface area contributed by atoms with Crippen LogP contribution >= 0.6 is 47.8 Å². The van der Waals surface area contributed by atoms with Crippen molar-refractivity contribution in [2.75, 3.05) is 42.7 Å². The van der Waals surface area contributed by atoms with E-state index in [0.717, 1.165) is 35.7 Å². The Kier molecular flexibility index (Phi) is 12.4. The molecule has 6 nitrogen and oxygen atoms in total. The summed E-state index contributed by atoms with van der Waals surface area (Å²) in [6.45, 7) is 4.00. The van der Waals surface area contributed by atoms with E-state index in [0.29, 0.717) is 47.3 Å². The van der Waals surface area contributed by atoms with E-state index in [1.165, 1.54) is 0 Å². The highest BCUT2D eigenvalue weighted by Crippen LogP contribution is 2.46. The first-order chi connectivity index (χ1) is 17.8. The van der Waals surface area contributed by atoms with Crippen molar-refractivity contribution < 1.29 is 28.4 Å². The van der Waals surface area contributed by atoms with E-state index in [1.54, 1.807) is 42.7 Å². The largest absolute Gasteiger partial charge is 0.493 e. The summed E-state index contributed by atoms with van der Waals surface area (Å²) in [6, 6.07) is 9.90. The Morgan fingerprint density at radius 3 is 1.54 bits per heavy atom. The molecule has 3 aromatic rings. The summed E-state index contributed by atoms with van der Waals surface area (Å²) in [5.74, 6) is 3.90. The van der Waals surface area contributed by atoms with Gasteiger partial charge in [0.2, 0.25) is 0 Å². The van der Waals surface area contributed by atoms with Gasteiger partial charge in [-0.05, 0) is 101 Å². The number of rotatable bonds is 10. The summed E-state index contributed by atoms with van der Waals surface area (Å²) in [7, 11) is 9.75. The highest BCUT2D eigenvalue weighted by atomic mass is 79.9. The molecule has 0 radical (unpaired) electrons. The summed E-state index contributed by atoms with van der Waals surface area (Å²) in [4.78, 5) is 0. The average molecular weight is 705 g/mol. The molecule has 3 aromatic carbocycles. The fourth-order valence-electron chi connectivity index (χ4n) is 3.90. The zero-order valence-corrected chi connectivity index (χ0v) is 27.1. The third kappa shape index (κ3) is 6.86. The molecule has 0 spiro atoms. The molecule has 0 aliphatic heterocycles. The minimum absolute atomic E-state index is 0.586. The second kappa shape index (κ2) is 14.7. The molecule has 0 bridgehead atoms. The van der Waals surface area contributed by atoms with Gasteiger partial charge in [-0.3, -0.25) is 0 Å². The number of ether oxygens (including phenoxy) is 6. The van der Waals surface area contributed by atoms with Crippen molar-refractivity contribution >= 4 is 47.8 Å². The fraction of sp³-hybridized carbons (Fsp3) is 0.357. The Morgan fingerprint density at radius 2 is 1.03 bits per heavy atom. The maximum Gasteiger partial charge on any atom is 0.176 e. The van der Waals surface area contributed by atoms with Crippen molar-refractivity contribution in [1.82, 2.24) is 0 Å². The first-order valence-electron chi connectivity index (χ1n) is 11.5. The van der Waals surface area contributed by atoms with Crippen molar-refractivity contribution in [2.24, 2.45) is 0 Å². The number of halogens is 3. The van der Waals surface area contributed by atoms with Crippen molar-refractivity contribution in [3.8, 4) is 34.5 Å². The minimum Gasteiger partial charge on any atom is -0.493 e. The van der Waals surface area contributed by atoms with Gasteiger partial charge in [0.1, 0.15) is 0 Å². The standard InChI is InChI=1S/C26H27Br3O6.C2H6/c1-30-18-8-7-14(10-19(18)31-2)9-15-12-20(32-3)25(34-5)23(28)17(15)11-16-13-21(33-4)26(35-6)24(29)22(16)27;1-2/h7-8,10,12-13H,9,11H2,1-6H3;1-2H3. The lowest BCUT2D eigenvalue weighted by molar-refractivity contribution is 0.351. The molecule has 0 aliphatic carbocycles. The van der Waals surface area contributed by atoms with E-state index in [-0.39, 0.29) is 0 Å². The second-order valence-corrected chi connectivity index (χ2v) is 9.88. The van der Waals surface area contributed by atoms with Gasteiger partial charge in [0.25, 0.3) is 0 Å². The Bertz CT molecular complexity index is 1210. The molecule has 37 heavy (non-hydrogen) atoms. The van der Waals surface area contributed by atoms with E-state index >= 15 is 0 Å². The number of hydrogen-bond donors (Lipinski definition) is 0. The van der Waals surface area contributed by atoms with Gasteiger partial charge in [0.15, 0.2) is 34.5 Å². The molecule has 0 aliphatic rings. The molecule has 9 heteroatoms. The van der Waals surface area contributed by atoms with Gasteiger partial charge in [0, 0.05) is 10.9 Å². The molecule has 0 N–H and O–H groups in total. The van der Waals surface area contributed by atoms with Crippen LogP contribution in [0, 0.1) is 0 Å². The maximum atomic E-state index is 5.68. The van der Waals surface area contributed by atoms with Crippen LogP contribution in [0.2, 0.25) is 0 Å². The van der Waals surface area contributed by atoms with Crippen LogP contribution in [0.1, 0.15) is 36.1 Å². The first-order valence-corrected chi connectivity index (χ1v) is 13.9. The van der Waals surface area contributed by atoms with Gasteiger partial charge in [-0.1, -0.05) is 19.9 Å². The van der Waals surface area contributed by atoms with Crippen molar-refractivity contribution in [3.63, 3.8) is 0 Å². The van der Waals surface area contributed by atoms with E-state index in [9.17, 15) is 0 Å². The predicted molar refractivity (Wildman–Crippen MR) is 159 cm³/mol. The van der Waals surface area contributed by atoms with Gasteiger partial charge in [-0.2, -0.15) is 0 Å². The Hall–Kier alpha value is -2.10. The van der Waals surface area contributed by atoms with Gasteiger partial charge in [0.05, 0.1) is 51.6 Å². The second-order valence-electron chi connectivity index (χ2n) is 7.51. The fourth-order valence-corrected chi connectivity index (χ4v) is 5.69. The third-order valence-corrected chi connectivity index (χ3v) is 8.68. The lowest BCUT2D eigenvalue weighted by Crippen LogP contribution is -2.04. The smallest absolute Gasteiger partial charge is 0.176 e. The first kappa shape index (κ1) is 31.1. The summed E-state index contributed by atoms with van der Waals surface area (Å²) >= 11 is 11.1. The van der Waals surface area contributed by atoms with Crippen molar-refractivity contribution in [1.29, 1.82) is 0 Å². The Labute approximate surface area is 244 Å². The minimum atomic E-state index is 0.586. The van der Waals surface area contributed by atoms with Crippen molar-refractivity contribution in [2.45, 2.75) is 26.7 Å². The van der Waals surface area contributed by atoms with Crippen LogP contribution in [0.15, 0.2) is 43.7 Å². The Balaban J connectivity index is 0.00000235. The van der Waals surface area contributed by atoms with Crippen LogP contribution in [0.5, 0.6) is 34.5 Å². The molecule has 0 saturated heterocycles. The molecule has 0 atom stereocenters. The number of methoxy groups -OCH3 is 6. The van der Waals surface area contributed by atoms with E-state index in [1.807, 2.05) is 44.2 Å². The third-order valence-electron chi connectivity index (χ3n) is 5.64. The van der Waals surface area contributed by atoms with E-state index in [2.05, 4.69) is 47.8 Å². The zero-order chi connectivity index (χ0) is 27.7. The molecule has 0 amide bonds. The normalized spacial score (nSPS) is 10.2. The molecule has 202 valence electrons. The number of benzene rings is 3. The zero-order valence-electron chi connectivity index (χ0n) is 22.4. The monoisotopic (exact) mass is 702 g/mol. The molecular formula is C28H33Br3O6. The SMILES string of the molecule is CC.COc1ccc(Cc2cc(OC)c(OC)c(Br)c2Cc2cc(OC)c(OC)c(Br)c2Br)cc1OC. The molecular weight excluding hydrogens is 672 g/mol. The highest BCUT2D eigenvalue weighted by molar-refractivity contribution is 9.13. The van der Waals surface area contributed by atoms with E-state index < -0.39 is 0 Å². The topological polar surface area (TPSA) is 55.4 Å². The lowest BCUT2D eigenvalue weighted by atomic mass is 9.94. The van der Waals surface area contributed by atoms with Crippen LogP contribution in [-0.4, -0.2) is 42.7 Å². The maximum absolute atomic E-state index is 5.68. The quantitative estimate of drug-likeness (QED) is 0.212. The molecule has 0 unspecified atom stereocenters. The lowest BCUT2D eigenvalue weighted by Gasteiger charge is -2.20. The summed E-state index contributed by atoms with van der Waals surface area (Å²) in [5, 5.41) is 0. The van der Waals surface area contributed by atoms with Crippen molar-refractivity contribution in [3.05, 3.63) is 66.0 Å². The summed E-state index contributed by atoms with van der Waals surface area (Å²) in [5.41, 5.74) is 4.20. The van der Waals surface area contributed by atoms with Crippen LogP contribution in [0.4, 0.5) is 0 Å². The van der Waals surface area contributed by atoms with Crippen LogP contribution in [0.3, 0.4) is 0 Å². The van der Waals surface area contributed by atoms with Crippen LogP contribution in [0.25, 0.3) is 0 Å². The van der Waals surface area contributed by atoms with E-state index in [4.69, 9.17) is 28.4 Å². The molecule has 0 saturated carbocycles. The summed E-state index contributed by atoms with van der Waals surface area (Å²) < 4.78 is 35.8. The Morgan fingerprint density at radius 1 is 0.514 bits per heavy atom. The summed E-state index contributed by atoms with van der Waals surface area (Å²) in [6.07, 6.45) is 1.23. The number of hydrogen-bond acceptors (Lipinski definition) is 6. The van der Waals surface area contributed by atoms with Gasteiger partial charge < -0.3 is 28.4 Å². The predicted octanol–water partition coefficient (Wildman–Crippen LogP) is 8.23. The van der Waals surface area contributed by atoms with Crippen LogP contribution < -0.4 is 28.4 Å².